The number of rotatable bonds is 24. The summed E-state index contributed by atoms with van der Waals surface area (Å²) in [5.74, 6) is 5.24. The van der Waals surface area contributed by atoms with Crippen molar-refractivity contribution in [3.8, 4) is 34.5 Å². The summed E-state index contributed by atoms with van der Waals surface area (Å²) < 4.78 is 116. The molecule has 3 aromatic carbocycles. The first-order valence-corrected chi connectivity index (χ1v) is 38.8. The number of carbonyl (C=O) groups is 1. The zero-order chi connectivity index (χ0) is 75.6. The molecule has 3 saturated heterocycles. The first kappa shape index (κ1) is 81.9. The van der Waals surface area contributed by atoms with Crippen LogP contribution in [0.15, 0.2) is 96.2 Å². The molecule has 3 aliphatic rings. The van der Waals surface area contributed by atoms with E-state index < -0.39 is 53.7 Å². The van der Waals surface area contributed by atoms with E-state index in [0.29, 0.717) is 59.6 Å². The topological polar surface area (TPSA) is 364 Å². The van der Waals surface area contributed by atoms with E-state index in [9.17, 15) is 35.2 Å². The number of sulfonamides is 1. The molecule has 3 aliphatic heterocycles. The lowest BCUT2D eigenvalue weighted by molar-refractivity contribution is -0.511. The van der Waals surface area contributed by atoms with Crippen LogP contribution < -0.4 is 77.4 Å². The first-order valence-electron chi connectivity index (χ1n) is 34.2. The van der Waals surface area contributed by atoms with Gasteiger partial charge in [-0.25, -0.2) is 33.0 Å². The maximum atomic E-state index is 12.3. The number of anilines is 4. The molecule has 3 atom stereocenters. The van der Waals surface area contributed by atoms with E-state index in [0.717, 1.165) is 144 Å². The molecule has 3 fully saturated rings. The van der Waals surface area contributed by atoms with Gasteiger partial charge in [-0.2, -0.15) is 8.42 Å². The van der Waals surface area contributed by atoms with Gasteiger partial charge in [0.1, 0.15) is 17.7 Å². The number of benzene rings is 3. The Kier molecular flexibility index (Phi) is 29.3. The summed E-state index contributed by atoms with van der Waals surface area (Å²) in [6.07, 6.45) is 14.1. The molecule has 0 bridgehead atoms. The van der Waals surface area contributed by atoms with Crippen LogP contribution in [0.2, 0.25) is 0 Å². The van der Waals surface area contributed by atoms with Crippen LogP contribution in [0.3, 0.4) is 0 Å². The molecule has 10 rings (SSSR count). The summed E-state index contributed by atoms with van der Waals surface area (Å²) in [5, 5.41) is 18.7. The van der Waals surface area contributed by atoms with Crippen LogP contribution in [-0.2, 0) is 40.0 Å². The van der Waals surface area contributed by atoms with Gasteiger partial charge in [-0.15, -0.1) is 12.8 Å². The third kappa shape index (κ3) is 23.0. The first-order chi connectivity index (χ1) is 48.7. The van der Waals surface area contributed by atoms with Gasteiger partial charge in [0, 0.05) is 142 Å². The van der Waals surface area contributed by atoms with E-state index in [1.54, 1.807) is 88.1 Å². The quantitative estimate of drug-likeness (QED) is 0.0213. The van der Waals surface area contributed by atoms with Crippen molar-refractivity contribution in [2.45, 2.75) is 92.6 Å². The van der Waals surface area contributed by atoms with Crippen LogP contribution in [0.1, 0.15) is 87.0 Å². The van der Waals surface area contributed by atoms with E-state index in [2.05, 4.69) is 75.3 Å². The van der Waals surface area contributed by atoms with Crippen LogP contribution >= 0.6 is 0 Å². The molecular weight excluding hydrogens is 1390 g/mol. The van der Waals surface area contributed by atoms with Crippen molar-refractivity contribution in [1.82, 2.24) is 29.4 Å². The van der Waals surface area contributed by atoms with E-state index in [1.165, 1.54) is 30.9 Å². The third-order valence-electron chi connectivity index (χ3n) is 18.7. The highest BCUT2D eigenvalue weighted by molar-refractivity contribution is 7.90. The highest BCUT2D eigenvalue weighted by Gasteiger charge is 2.31. The Labute approximate surface area is 607 Å². The minimum absolute atomic E-state index is 0.143. The van der Waals surface area contributed by atoms with E-state index in [4.69, 9.17) is 44.0 Å². The number of nitrogens with one attached hydrogen (secondary N) is 2. The van der Waals surface area contributed by atoms with Crippen molar-refractivity contribution >= 4 is 97.9 Å². The molecule has 29 nitrogen and oxygen atoms in total. The van der Waals surface area contributed by atoms with Crippen molar-refractivity contribution < 1.29 is 72.3 Å². The molecular formula is C71H104N14O15S3. The predicted molar refractivity (Wildman–Crippen MR) is 401 cm³/mol. The summed E-state index contributed by atoms with van der Waals surface area (Å²) in [4.78, 5) is 38.6. The minimum atomic E-state index is -3.93. The summed E-state index contributed by atoms with van der Waals surface area (Å²) in [6.45, 7) is 19.5. The predicted octanol–water partition coefficient (Wildman–Crippen LogP) is 6.63. The molecule has 0 saturated carbocycles. The summed E-state index contributed by atoms with van der Waals surface area (Å²) in [5.41, 5.74) is 10.9. The Morgan fingerprint density at radius 1 is 0.602 bits per heavy atom. The molecule has 0 spiro atoms. The van der Waals surface area contributed by atoms with E-state index in [-0.39, 0.29) is 11.8 Å². The maximum absolute atomic E-state index is 12.3. The average Bonchev–Trinajstić information content (AvgIpc) is 0.796. The highest BCUT2D eigenvalue weighted by Crippen LogP contribution is 2.41. The fourth-order valence-corrected chi connectivity index (χ4v) is 15.2. The number of carbonyl (C=O) groups excluding carboxylic acids is 1. The van der Waals surface area contributed by atoms with Crippen LogP contribution in [0.25, 0.3) is 32.7 Å². The van der Waals surface area contributed by atoms with Gasteiger partial charge in [0.25, 0.3) is 10.2 Å². The molecule has 566 valence electrons. The number of ether oxygens (including phenoxy) is 7. The monoisotopic (exact) mass is 1490 g/mol. The zero-order valence-electron chi connectivity index (χ0n) is 61.9. The Morgan fingerprint density at radius 2 is 0.990 bits per heavy atom. The van der Waals surface area contributed by atoms with Gasteiger partial charge in [-0.05, 0) is 145 Å². The van der Waals surface area contributed by atoms with E-state index in [1.807, 2.05) is 67.7 Å². The van der Waals surface area contributed by atoms with Gasteiger partial charge in [0.2, 0.25) is 10.0 Å². The van der Waals surface area contributed by atoms with Crippen LogP contribution in [0.4, 0.5) is 22.9 Å². The number of pyridine rings is 3. The third-order valence-corrected chi connectivity index (χ3v) is 21.8. The van der Waals surface area contributed by atoms with Crippen molar-refractivity contribution in [3.63, 3.8) is 0 Å². The number of nitrogens with zero attached hydrogens (tertiary/aromatic N) is 10. The smallest absolute Gasteiger partial charge is 0.490 e. The molecule has 0 radical (unpaired) electrons. The molecule has 0 aliphatic carbocycles. The van der Waals surface area contributed by atoms with Gasteiger partial charge in [-0.3, -0.25) is 14.8 Å². The zero-order valence-corrected chi connectivity index (χ0v) is 64.4. The van der Waals surface area contributed by atoms with Crippen LogP contribution in [0, 0.1) is 35.5 Å². The number of aromatic nitrogens is 5. The van der Waals surface area contributed by atoms with E-state index >= 15 is 0 Å². The van der Waals surface area contributed by atoms with Gasteiger partial charge in [0.15, 0.2) is 52.6 Å². The summed E-state index contributed by atoms with van der Waals surface area (Å²) in [6, 6.07) is 18.9. The molecule has 0 amide bonds. The lowest BCUT2D eigenvalue weighted by Crippen LogP contribution is -2.41. The Bertz CT molecular complexity index is 4330. The van der Waals surface area contributed by atoms with Gasteiger partial charge >= 0.3 is 16.2 Å². The lowest BCUT2D eigenvalue weighted by Gasteiger charge is -2.36. The fourth-order valence-electron chi connectivity index (χ4n) is 12.9. The number of nitrogens with two attached hydrogens (primary N) is 2. The number of esters is 1. The number of methoxy groups -OCH3 is 6. The maximum Gasteiger partial charge on any atom is 0.490 e. The SMILES string of the molecule is CC([O-])=NS(=O)(=O)[n+]1ccc(N(C)C)cc1.COc1cc2nccc(N3CCC(C(C)CN)CC3)c2cc1OC.COc1cc2nccc(N3CCC(C(C)CNS(=O)(=O)CC(=O)OC(C)(C)C)CC3)c2cc1OC.COc1cc2ncnc(N3CCC(C(C)CNS(N)(=O)=O)CC3)c2cc1OC. The molecule has 7 heterocycles. The number of hydrogen-bond acceptors (Lipinski definition) is 24. The second kappa shape index (κ2) is 36.8. The second-order valence-electron chi connectivity index (χ2n) is 27.1. The largest absolute Gasteiger partial charge is 0.861 e. The second-order valence-corrected chi connectivity index (χ2v) is 31.8. The van der Waals surface area contributed by atoms with Gasteiger partial charge in [0.05, 0.1) is 59.2 Å². The minimum Gasteiger partial charge on any atom is -0.861 e. The summed E-state index contributed by atoms with van der Waals surface area (Å²) in [7, 11) is 2.12. The van der Waals surface area contributed by atoms with Gasteiger partial charge < -0.3 is 63.6 Å². The van der Waals surface area contributed by atoms with Crippen molar-refractivity contribution in [1.29, 1.82) is 0 Å². The lowest BCUT2D eigenvalue weighted by atomic mass is 9.85. The molecule has 3 unspecified atom stereocenters. The standard InChI is InChI=1S/C25H37N3O6S.C19H27N3O2.C18H27N5O4S.C9H13N3O3S/c1-17(15-27-35(30,31)16-24(29)34-25(2,3)4)18-8-11-28(12-9-18)21-7-10-26-20-14-23(33-6)22(32-5)13-19(20)21;1-13(12-20)14-5-8-22(9-6-14)17-4-7-21-16-11-19(24-3)18(23-2)10-15(16)17;1-12(10-22-28(19,24)25)13-4-6-23(7-5-13)18-14-8-16(26-2)17(27-3)9-15(14)20-11-21-18;1-8(13)10-16(14,15)12-6-4-9(5-7-12)11(2)3/h7,10,13-14,17-18,27H,8-9,11-12,15-16H2,1-6H3;4,7,10-11,13-14H,5-6,8-9,12,20H2,1-3H3;8-9,11-13,22H,4-7,10H2,1-3H3,(H2,19,24,25);4-7H,1-3H3. The fraction of sp³-hybridized carbons (Fsp3) is 0.535. The molecule has 103 heavy (non-hydrogen) atoms. The highest BCUT2D eigenvalue weighted by atomic mass is 32.2. The molecule has 4 aromatic heterocycles. The summed E-state index contributed by atoms with van der Waals surface area (Å²) >= 11 is 0. The molecule has 32 heteroatoms. The Hall–Kier alpha value is -8.40. The molecule has 7 aromatic rings. The number of fused-ring (bicyclic) bond motifs is 3. The van der Waals surface area contributed by atoms with Crippen molar-refractivity contribution in [2.75, 3.05) is 141 Å². The van der Waals surface area contributed by atoms with Crippen molar-refractivity contribution in [3.05, 3.63) is 91.8 Å². The average molecular weight is 1490 g/mol. The Balaban J connectivity index is 0.000000199. The molecule has 6 N–H and O–H groups in total. The van der Waals surface area contributed by atoms with Crippen molar-refractivity contribution in [2.24, 2.45) is 50.8 Å². The van der Waals surface area contributed by atoms with Gasteiger partial charge in [-0.1, -0.05) is 24.7 Å². The number of piperidine rings is 3. The normalized spacial score (nSPS) is 16.0. The van der Waals surface area contributed by atoms with Crippen LogP contribution in [0.5, 0.6) is 34.5 Å². The number of hydrogen-bond donors (Lipinski definition) is 4. The Morgan fingerprint density at radius 3 is 1.38 bits per heavy atom. The van der Waals surface area contributed by atoms with Crippen LogP contribution in [-0.4, -0.2) is 184 Å².